The molecule has 0 aliphatic heterocycles. The molecule has 2 aliphatic rings. The third-order valence-corrected chi connectivity index (χ3v) is 6.11. The average Bonchev–Trinajstić information content (AvgIpc) is 3.24. The second kappa shape index (κ2) is 6.83. The van der Waals surface area contributed by atoms with Crippen molar-refractivity contribution in [2.45, 2.75) is 50.9 Å². The smallest absolute Gasteiger partial charge is 0.416 e. The molecular weight excluding hydrogens is 373 g/mol. The minimum atomic E-state index is -4.44. The first-order valence-corrected chi connectivity index (χ1v) is 9.45. The molecule has 2 aliphatic carbocycles. The minimum Gasteiger partial charge on any atom is -0.494 e. The van der Waals surface area contributed by atoms with Gasteiger partial charge in [-0.05, 0) is 49.1 Å². The first-order chi connectivity index (χ1) is 13.2. The van der Waals surface area contributed by atoms with Crippen LogP contribution < -0.4 is 11.2 Å². The van der Waals surface area contributed by atoms with Gasteiger partial charge in [0.1, 0.15) is 0 Å². The molecular formula is C20H21F3N2O3. The van der Waals surface area contributed by atoms with Crippen LogP contribution in [0, 0.1) is 11.8 Å². The number of hydrogen-bond donors (Lipinski definition) is 1. The molecule has 1 aromatic carbocycles. The molecule has 2 bridgehead atoms. The van der Waals surface area contributed by atoms with E-state index in [2.05, 4.69) is 0 Å². The highest BCUT2D eigenvalue weighted by molar-refractivity contribution is 5.26. The lowest BCUT2D eigenvalue weighted by molar-refractivity contribution is -0.137. The predicted molar refractivity (Wildman–Crippen MR) is 96.3 cm³/mol. The van der Waals surface area contributed by atoms with E-state index in [0.29, 0.717) is 17.4 Å². The SMILES string of the molecule is O=c1cc(O)n(CCc2cccc(C(F)(F)F)c2)c(=O)n1[C@H]1C[C@H]2CC[C@@H]1C2. The Balaban J connectivity index is 1.61. The van der Waals surface area contributed by atoms with Crippen molar-refractivity contribution in [3.05, 3.63) is 62.3 Å². The summed E-state index contributed by atoms with van der Waals surface area (Å²) >= 11 is 0. The van der Waals surface area contributed by atoms with Gasteiger partial charge in [0.2, 0.25) is 5.88 Å². The zero-order valence-corrected chi connectivity index (χ0v) is 15.2. The summed E-state index contributed by atoms with van der Waals surface area (Å²) in [5.41, 5.74) is -1.46. The van der Waals surface area contributed by atoms with Crippen LogP contribution in [0.15, 0.2) is 39.9 Å². The van der Waals surface area contributed by atoms with Crippen LogP contribution in [0.1, 0.15) is 42.9 Å². The van der Waals surface area contributed by atoms with E-state index >= 15 is 0 Å². The molecule has 0 unspecified atom stereocenters. The van der Waals surface area contributed by atoms with Crippen molar-refractivity contribution in [2.24, 2.45) is 11.8 Å². The van der Waals surface area contributed by atoms with Gasteiger partial charge < -0.3 is 5.11 Å². The van der Waals surface area contributed by atoms with Gasteiger partial charge in [-0.25, -0.2) is 4.79 Å². The molecule has 2 saturated carbocycles. The summed E-state index contributed by atoms with van der Waals surface area (Å²) in [6.45, 7) is -0.00687. The Morgan fingerprint density at radius 3 is 2.54 bits per heavy atom. The molecule has 3 atom stereocenters. The second-order valence-electron chi connectivity index (χ2n) is 7.84. The average molecular weight is 394 g/mol. The van der Waals surface area contributed by atoms with Gasteiger partial charge >= 0.3 is 11.9 Å². The highest BCUT2D eigenvalue weighted by Crippen LogP contribution is 2.49. The number of nitrogens with zero attached hydrogens (tertiary/aromatic N) is 2. The maximum Gasteiger partial charge on any atom is 0.416 e. The second-order valence-corrected chi connectivity index (χ2v) is 7.84. The Bertz CT molecular complexity index is 1010. The van der Waals surface area contributed by atoms with E-state index in [1.807, 2.05) is 0 Å². The molecule has 2 aromatic rings. The minimum absolute atomic E-state index is 0.00687. The zero-order valence-electron chi connectivity index (χ0n) is 15.2. The van der Waals surface area contributed by atoms with Crippen molar-refractivity contribution in [1.29, 1.82) is 0 Å². The van der Waals surface area contributed by atoms with Gasteiger partial charge in [0.05, 0.1) is 11.6 Å². The van der Waals surface area contributed by atoms with Gasteiger partial charge in [-0.15, -0.1) is 0 Å². The quantitative estimate of drug-likeness (QED) is 0.865. The van der Waals surface area contributed by atoms with E-state index in [4.69, 9.17) is 0 Å². The van der Waals surface area contributed by atoms with Crippen molar-refractivity contribution in [3.63, 3.8) is 0 Å². The van der Waals surface area contributed by atoms with Gasteiger partial charge in [-0.1, -0.05) is 24.6 Å². The van der Waals surface area contributed by atoms with E-state index in [1.54, 1.807) is 6.07 Å². The van der Waals surface area contributed by atoms with Crippen LogP contribution in [0.5, 0.6) is 5.88 Å². The summed E-state index contributed by atoms with van der Waals surface area (Å²) in [5.74, 6) is 0.381. The number of fused-ring (bicyclic) bond motifs is 2. The number of aromatic hydroxyl groups is 1. The number of halogens is 3. The van der Waals surface area contributed by atoms with Crippen LogP contribution in [0.4, 0.5) is 13.2 Å². The molecule has 28 heavy (non-hydrogen) atoms. The van der Waals surface area contributed by atoms with Gasteiger partial charge in [-0.2, -0.15) is 13.2 Å². The summed E-state index contributed by atoms with van der Waals surface area (Å²) < 4.78 is 40.9. The monoisotopic (exact) mass is 394 g/mol. The largest absolute Gasteiger partial charge is 0.494 e. The van der Waals surface area contributed by atoms with Gasteiger partial charge in [0.25, 0.3) is 5.56 Å². The van der Waals surface area contributed by atoms with Crippen molar-refractivity contribution in [3.8, 4) is 5.88 Å². The number of aryl methyl sites for hydroxylation is 1. The van der Waals surface area contributed by atoms with E-state index in [9.17, 15) is 27.9 Å². The number of hydrogen-bond acceptors (Lipinski definition) is 3. The summed E-state index contributed by atoms with van der Waals surface area (Å²) in [7, 11) is 0. The standard InChI is InChI=1S/C20H21F3N2O3/c21-20(22,23)15-3-1-2-12(9-15)6-7-24-17(26)11-18(27)25(19(24)28)16-10-13-4-5-14(16)8-13/h1-3,9,11,13-14,16,26H,4-8,10H2/t13-,14+,16-/m0/s1. The first kappa shape index (κ1) is 18.8. The fourth-order valence-corrected chi connectivity index (χ4v) is 4.77. The number of aromatic nitrogens is 2. The molecule has 1 heterocycles. The van der Waals surface area contributed by atoms with Crippen molar-refractivity contribution in [2.75, 3.05) is 0 Å². The lowest BCUT2D eigenvalue weighted by atomic mass is 9.95. The highest BCUT2D eigenvalue weighted by atomic mass is 19.4. The predicted octanol–water partition coefficient (Wildman–Crippen LogP) is 3.34. The fourth-order valence-electron chi connectivity index (χ4n) is 4.77. The molecule has 5 nitrogen and oxygen atoms in total. The Morgan fingerprint density at radius 1 is 1.11 bits per heavy atom. The van der Waals surface area contributed by atoms with E-state index in [-0.39, 0.29) is 19.0 Å². The molecule has 4 rings (SSSR count). The molecule has 0 saturated heterocycles. The molecule has 2 fully saturated rings. The zero-order chi connectivity index (χ0) is 20.1. The van der Waals surface area contributed by atoms with Crippen LogP contribution in [0.2, 0.25) is 0 Å². The van der Waals surface area contributed by atoms with Crippen LogP contribution in [-0.2, 0) is 19.1 Å². The van der Waals surface area contributed by atoms with Crippen molar-refractivity contribution < 1.29 is 18.3 Å². The normalized spacial score (nSPS) is 24.0. The maximum absolute atomic E-state index is 12.9. The molecule has 150 valence electrons. The van der Waals surface area contributed by atoms with E-state index < -0.39 is 28.9 Å². The molecule has 1 N–H and O–H groups in total. The number of rotatable bonds is 4. The number of alkyl halides is 3. The summed E-state index contributed by atoms with van der Waals surface area (Å²) in [6.07, 6.45) is -0.389. The van der Waals surface area contributed by atoms with Crippen LogP contribution in [-0.4, -0.2) is 14.2 Å². The van der Waals surface area contributed by atoms with Crippen LogP contribution in [0.25, 0.3) is 0 Å². The Kier molecular flexibility index (Phi) is 4.59. The molecule has 0 amide bonds. The van der Waals surface area contributed by atoms with E-state index in [0.717, 1.165) is 48.4 Å². The maximum atomic E-state index is 12.9. The van der Waals surface area contributed by atoms with Crippen LogP contribution >= 0.6 is 0 Å². The third kappa shape index (κ3) is 3.36. The summed E-state index contributed by atoms with van der Waals surface area (Å²) in [5, 5.41) is 10.1. The lowest BCUT2D eigenvalue weighted by Crippen LogP contribution is -2.43. The molecule has 1 aromatic heterocycles. The Labute approximate surface area is 159 Å². The lowest BCUT2D eigenvalue weighted by Gasteiger charge is -2.24. The molecule has 0 spiro atoms. The number of benzene rings is 1. The molecule has 0 radical (unpaired) electrons. The molecule has 8 heteroatoms. The van der Waals surface area contributed by atoms with Crippen molar-refractivity contribution >= 4 is 0 Å². The fraction of sp³-hybridized carbons (Fsp3) is 0.500. The first-order valence-electron chi connectivity index (χ1n) is 9.45. The Morgan fingerprint density at radius 2 is 1.89 bits per heavy atom. The topological polar surface area (TPSA) is 64.2 Å². The van der Waals surface area contributed by atoms with Gasteiger partial charge in [0.15, 0.2) is 0 Å². The van der Waals surface area contributed by atoms with Gasteiger partial charge in [-0.3, -0.25) is 13.9 Å². The van der Waals surface area contributed by atoms with Gasteiger partial charge in [0, 0.05) is 12.6 Å². The highest BCUT2D eigenvalue weighted by Gasteiger charge is 2.41. The Hall–Kier alpha value is -2.51. The van der Waals surface area contributed by atoms with Crippen molar-refractivity contribution in [1.82, 2.24) is 9.13 Å². The van der Waals surface area contributed by atoms with E-state index in [1.165, 1.54) is 10.6 Å². The summed E-state index contributed by atoms with van der Waals surface area (Å²) in [6, 6.07) is 5.76. The van der Waals surface area contributed by atoms with Crippen LogP contribution in [0.3, 0.4) is 0 Å². The third-order valence-electron chi connectivity index (χ3n) is 6.11. The summed E-state index contributed by atoms with van der Waals surface area (Å²) in [4.78, 5) is 25.3.